The number of hydrogen-bond acceptors (Lipinski definition) is 4. The molecule has 1 amide bonds. The highest BCUT2D eigenvalue weighted by Crippen LogP contribution is 2.15. The Labute approximate surface area is 121 Å². The highest BCUT2D eigenvalue weighted by Gasteiger charge is 2.27. The molecule has 1 aromatic rings. The first-order chi connectivity index (χ1) is 9.85. The Balaban J connectivity index is 1.75. The van der Waals surface area contributed by atoms with Gasteiger partial charge in [0.2, 0.25) is 5.91 Å². The van der Waals surface area contributed by atoms with E-state index in [9.17, 15) is 22.0 Å². The van der Waals surface area contributed by atoms with Gasteiger partial charge in [-0.3, -0.25) is 4.79 Å². The molecule has 1 aliphatic heterocycles. The zero-order valence-corrected chi connectivity index (χ0v) is 12.1. The van der Waals surface area contributed by atoms with E-state index < -0.39 is 27.4 Å². The van der Waals surface area contributed by atoms with Crippen LogP contribution in [-0.2, 0) is 14.6 Å². The standard InChI is InChI=1S/C13H16F2N2O3S/c14-9-1-2-12(11(15)7-9)17-13(18)3-5-16-10-4-6-21(19,20)8-10/h1-2,7,10,16H,3-6,8H2,(H,17,18). The van der Waals surface area contributed by atoms with Crippen LogP contribution in [0.3, 0.4) is 0 Å². The Morgan fingerprint density at radius 1 is 1.33 bits per heavy atom. The molecule has 116 valence electrons. The lowest BCUT2D eigenvalue weighted by Crippen LogP contribution is -2.32. The van der Waals surface area contributed by atoms with E-state index in [1.807, 2.05) is 0 Å². The Hall–Kier alpha value is -1.54. The van der Waals surface area contributed by atoms with E-state index in [2.05, 4.69) is 10.6 Å². The van der Waals surface area contributed by atoms with Gasteiger partial charge in [0.1, 0.15) is 11.6 Å². The van der Waals surface area contributed by atoms with Crippen LogP contribution in [0.4, 0.5) is 14.5 Å². The van der Waals surface area contributed by atoms with Crippen LogP contribution in [0.1, 0.15) is 12.8 Å². The van der Waals surface area contributed by atoms with Crippen molar-refractivity contribution >= 4 is 21.4 Å². The van der Waals surface area contributed by atoms with Crippen LogP contribution in [0, 0.1) is 11.6 Å². The highest BCUT2D eigenvalue weighted by atomic mass is 32.2. The monoisotopic (exact) mass is 318 g/mol. The molecular formula is C13H16F2N2O3S. The molecule has 1 unspecified atom stereocenters. The fourth-order valence-electron chi connectivity index (χ4n) is 2.15. The van der Waals surface area contributed by atoms with Gasteiger partial charge in [0.15, 0.2) is 9.84 Å². The van der Waals surface area contributed by atoms with E-state index in [1.165, 1.54) is 0 Å². The summed E-state index contributed by atoms with van der Waals surface area (Å²) in [5.41, 5.74) is -0.0788. The third-order valence-electron chi connectivity index (χ3n) is 3.22. The van der Waals surface area contributed by atoms with E-state index in [1.54, 1.807) is 0 Å². The first kappa shape index (κ1) is 15.8. The molecule has 1 heterocycles. The SMILES string of the molecule is O=C(CCNC1CCS(=O)(=O)C1)Nc1ccc(F)cc1F. The molecule has 0 saturated carbocycles. The first-order valence-electron chi connectivity index (χ1n) is 6.54. The van der Waals surface area contributed by atoms with Crippen molar-refractivity contribution < 1.29 is 22.0 Å². The van der Waals surface area contributed by atoms with Gasteiger partial charge in [-0.15, -0.1) is 0 Å². The quantitative estimate of drug-likeness (QED) is 0.851. The van der Waals surface area contributed by atoms with Gasteiger partial charge in [0.05, 0.1) is 17.2 Å². The van der Waals surface area contributed by atoms with Gasteiger partial charge in [0, 0.05) is 25.1 Å². The van der Waals surface area contributed by atoms with Crippen molar-refractivity contribution in [2.45, 2.75) is 18.9 Å². The van der Waals surface area contributed by atoms with E-state index in [-0.39, 0.29) is 29.7 Å². The summed E-state index contributed by atoms with van der Waals surface area (Å²) in [7, 11) is -2.95. The number of carbonyl (C=O) groups is 1. The lowest BCUT2D eigenvalue weighted by molar-refractivity contribution is -0.116. The molecular weight excluding hydrogens is 302 g/mol. The number of carbonyl (C=O) groups excluding carboxylic acids is 1. The number of benzene rings is 1. The van der Waals surface area contributed by atoms with Crippen LogP contribution in [0.2, 0.25) is 0 Å². The molecule has 21 heavy (non-hydrogen) atoms. The maximum Gasteiger partial charge on any atom is 0.225 e. The Kier molecular flexibility index (Phi) is 4.89. The highest BCUT2D eigenvalue weighted by molar-refractivity contribution is 7.91. The summed E-state index contributed by atoms with van der Waals surface area (Å²) >= 11 is 0. The molecule has 1 saturated heterocycles. The molecule has 1 atom stereocenters. The number of anilines is 1. The van der Waals surface area contributed by atoms with E-state index >= 15 is 0 Å². The minimum absolute atomic E-state index is 0.0768. The summed E-state index contributed by atoms with van der Waals surface area (Å²) in [5, 5.41) is 5.32. The average molecular weight is 318 g/mol. The van der Waals surface area contributed by atoms with Gasteiger partial charge in [-0.05, 0) is 18.6 Å². The topological polar surface area (TPSA) is 75.3 Å². The number of sulfone groups is 1. The normalized spacial score (nSPS) is 20.4. The molecule has 0 radical (unpaired) electrons. The molecule has 0 spiro atoms. The Bertz CT molecular complexity index is 634. The van der Waals surface area contributed by atoms with Crippen LogP contribution >= 0.6 is 0 Å². The van der Waals surface area contributed by atoms with Crippen molar-refractivity contribution in [2.75, 3.05) is 23.4 Å². The van der Waals surface area contributed by atoms with Crippen molar-refractivity contribution in [2.24, 2.45) is 0 Å². The van der Waals surface area contributed by atoms with Crippen molar-refractivity contribution in [3.05, 3.63) is 29.8 Å². The average Bonchev–Trinajstić information content (AvgIpc) is 2.72. The van der Waals surface area contributed by atoms with E-state index in [0.717, 1.165) is 12.1 Å². The van der Waals surface area contributed by atoms with Gasteiger partial charge in [-0.25, -0.2) is 17.2 Å². The lowest BCUT2D eigenvalue weighted by atomic mass is 10.2. The minimum Gasteiger partial charge on any atom is -0.324 e. The van der Waals surface area contributed by atoms with Crippen LogP contribution in [0.5, 0.6) is 0 Å². The largest absolute Gasteiger partial charge is 0.324 e. The second-order valence-electron chi connectivity index (χ2n) is 4.98. The van der Waals surface area contributed by atoms with Crippen molar-refractivity contribution in [3.8, 4) is 0 Å². The lowest BCUT2D eigenvalue weighted by Gasteiger charge is -2.11. The summed E-state index contributed by atoms with van der Waals surface area (Å²) in [5.74, 6) is -1.72. The second kappa shape index (κ2) is 6.48. The zero-order valence-electron chi connectivity index (χ0n) is 11.2. The van der Waals surface area contributed by atoms with Gasteiger partial charge < -0.3 is 10.6 Å². The maximum atomic E-state index is 13.3. The summed E-state index contributed by atoms with van der Waals surface area (Å²) in [6.45, 7) is 0.300. The van der Waals surface area contributed by atoms with Gasteiger partial charge in [0.25, 0.3) is 0 Å². The van der Waals surface area contributed by atoms with Gasteiger partial charge >= 0.3 is 0 Å². The predicted molar refractivity (Wildman–Crippen MR) is 74.7 cm³/mol. The fraction of sp³-hybridized carbons (Fsp3) is 0.462. The van der Waals surface area contributed by atoms with Crippen LogP contribution < -0.4 is 10.6 Å². The summed E-state index contributed by atoms with van der Waals surface area (Å²) < 4.78 is 48.5. The van der Waals surface area contributed by atoms with E-state index in [0.29, 0.717) is 19.0 Å². The van der Waals surface area contributed by atoms with Crippen LogP contribution in [-0.4, -0.2) is 38.4 Å². The number of hydrogen-bond donors (Lipinski definition) is 2. The molecule has 0 aromatic heterocycles. The zero-order chi connectivity index (χ0) is 15.5. The number of halogens is 2. The fourth-order valence-corrected chi connectivity index (χ4v) is 3.86. The third-order valence-corrected chi connectivity index (χ3v) is 4.99. The molecule has 8 heteroatoms. The van der Waals surface area contributed by atoms with Crippen molar-refractivity contribution in [3.63, 3.8) is 0 Å². The number of nitrogens with one attached hydrogen (secondary N) is 2. The number of amides is 1. The van der Waals surface area contributed by atoms with Crippen molar-refractivity contribution in [1.82, 2.24) is 5.32 Å². The molecule has 0 aliphatic carbocycles. The third kappa shape index (κ3) is 4.75. The van der Waals surface area contributed by atoms with Gasteiger partial charge in [-0.1, -0.05) is 0 Å². The van der Waals surface area contributed by atoms with Gasteiger partial charge in [-0.2, -0.15) is 0 Å². The Morgan fingerprint density at radius 3 is 2.71 bits per heavy atom. The first-order valence-corrected chi connectivity index (χ1v) is 8.36. The minimum atomic E-state index is -2.95. The predicted octanol–water partition coefficient (Wildman–Crippen LogP) is 1.07. The maximum absolute atomic E-state index is 13.3. The molecule has 1 aliphatic rings. The van der Waals surface area contributed by atoms with Crippen LogP contribution in [0.15, 0.2) is 18.2 Å². The molecule has 2 N–H and O–H groups in total. The number of rotatable bonds is 5. The summed E-state index contributed by atoms with van der Waals surface area (Å²) in [6.07, 6.45) is 0.615. The molecule has 1 aromatic carbocycles. The smallest absolute Gasteiger partial charge is 0.225 e. The van der Waals surface area contributed by atoms with Crippen LogP contribution in [0.25, 0.3) is 0 Å². The molecule has 1 fully saturated rings. The van der Waals surface area contributed by atoms with E-state index in [4.69, 9.17) is 0 Å². The van der Waals surface area contributed by atoms with Crippen molar-refractivity contribution in [1.29, 1.82) is 0 Å². The Morgan fingerprint density at radius 2 is 2.10 bits per heavy atom. The summed E-state index contributed by atoms with van der Waals surface area (Å²) in [4.78, 5) is 11.6. The second-order valence-corrected chi connectivity index (χ2v) is 7.21. The molecule has 5 nitrogen and oxygen atoms in total. The molecule has 0 bridgehead atoms. The molecule has 2 rings (SSSR count). The summed E-state index contributed by atoms with van der Waals surface area (Å²) in [6, 6.07) is 2.77.